The van der Waals surface area contributed by atoms with E-state index >= 15 is 0 Å². The molecule has 0 aromatic carbocycles. The molecule has 0 aliphatic carbocycles. The van der Waals surface area contributed by atoms with Crippen molar-refractivity contribution in [2.75, 3.05) is 19.8 Å². The van der Waals surface area contributed by atoms with Crippen LogP contribution in [0.2, 0.25) is 0 Å². The summed E-state index contributed by atoms with van der Waals surface area (Å²) in [4.78, 5) is 3.91. The Kier molecular flexibility index (Phi) is 6.97. The summed E-state index contributed by atoms with van der Waals surface area (Å²) in [5, 5.41) is 0. The van der Waals surface area contributed by atoms with Crippen molar-refractivity contribution >= 4 is 29.9 Å². The van der Waals surface area contributed by atoms with Crippen molar-refractivity contribution in [3.8, 4) is 0 Å². The van der Waals surface area contributed by atoms with Crippen molar-refractivity contribution in [2.24, 2.45) is 16.5 Å². The van der Waals surface area contributed by atoms with Crippen LogP contribution in [0.15, 0.2) is 16.6 Å². The van der Waals surface area contributed by atoms with Crippen molar-refractivity contribution in [1.82, 2.24) is 0 Å². The standard InChI is InChI=1S/C8H15N3O.HI/c9-8(10)11-4-1-7-2-5-12-6-3-7;/h2H,1,3-6H2,(H4,9,10,11);1H. The molecule has 0 saturated carbocycles. The van der Waals surface area contributed by atoms with Gasteiger partial charge in [0.15, 0.2) is 5.96 Å². The molecule has 1 aliphatic heterocycles. The van der Waals surface area contributed by atoms with Gasteiger partial charge in [-0.15, -0.1) is 24.0 Å². The van der Waals surface area contributed by atoms with Gasteiger partial charge in [0.1, 0.15) is 0 Å². The smallest absolute Gasteiger partial charge is 0.185 e. The van der Waals surface area contributed by atoms with Gasteiger partial charge >= 0.3 is 0 Å². The summed E-state index contributed by atoms with van der Waals surface area (Å²) >= 11 is 0. The molecule has 5 heteroatoms. The maximum Gasteiger partial charge on any atom is 0.185 e. The minimum absolute atomic E-state index is 0. The number of ether oxygens (including phenoxy) is 1. The molecule has 0 aromatic rings. The molecule has 4 nitrogen and oxygen atoms in total. The van der Waals surface area contributed by atoms with Crippen LogP contribution in [0.25, 0.3) is 0 Å². The average Bonchev–Trinajstić information content (AvgIpc) is 2.05. The van der Waals surface area contributed by atoms with Crippen molar-refractivity contribution in [1.29, 1.82) is 0 Å². The quantitative estimate of drug-likeness (QED) is 0.347. The largest absolute Gasteiger partial charge is 0.377 e. The molecule has 0 radical (unpaired) electrons. The van der Waals surface area contributed by atoms with Crippen LogP contribution in [-0.2, 0) is 4.74 Å². The number of hydrogen-bond acceptors (Lipinski definition) is 2. The summed E-state index contributed by atoms with van der Waals surface area (Å²) in [6, 6.07) is 0. The van der Waals surface area contributed by atoms with Gasteiger partial charge in [-0.25, -0.2) is 0 Å². The molecule has 4 N–H and O–H groups in total. The van der Waals surface area contributed by atoms with Crippen molar-refractivity contribution < 1.29 is 4.74 Å². The Morgan fingerprint density at radius 1 is 1.54 bits per heavy atom. The summed E-state index contributed by atoms with van der Waals surface area (Å²) in [6.45, 7) is 2.25. The van der Waals surface area contributed by atoms with Crippen molar-refractivity contribution in [3.05, 3.63) is 11.6 Å². The van der Waals surface area contributed by atoms with E-state index in [1.165, 1.54) is 5.57 Å². The van der Waals surface area contributed by atoms with E-state index in [0.29, 0.717) is 6.54 Å². The predicted molar refractivity (Wildman–Crippen MR) is 64.2 cm³/mol. The van der Waals surface area contributed by atoms with Crippen LogP contribution in [0.3, 0.4) is 0 Å². The molecule has 1 heterocycles. The van der Waals surface area contributed by atoms with E-state index in [1.807, 2.05) is 0 Å². The molecule has 1 aliphatic rings. The molecule has 13 heavy (non-hydrogen) atoms. The van der Waals surface area contributed by atoms with Gasteiger partial charge in [-0.3, -0.25) is 4.99 Å². The van der Waals surface area contributed by atoms with E-state index in [4.69, 9.17) is 16.2 Å². The minimum Gasteiger partial charge on any atom is -0.377 e. The Balaban J connectivity index is 0.00000144. The van der Waals surface area contributed by atoms with Crippen molar-refractivity contribution in [3.63, 3.8) is 0 Å². The van der Waals surface area contributed by atoms with E-state index in [0.717, 1.165) is 26.1 Å². The fourth-order valence-electron chi connectivity index (χ4n) is 1.12. The molecule has 0 atom stereocenters. The number of hydrogen-bond donors (Lipinski definition) is 2. The summed E-state index contributed by atoms with van der Waals surface area (Å²) < 4.78 is 5.17. The highest BCUT2D eigenvalue weighted by molar-refractivity contribution is 14.0. The maximum absolute atomic E-state index is 5.19. The summed E-state index contributed by atoms with van der Waals surface area (Å²) in [6.07, 6.45) is 4.06. The third-order valence-electron chi connectivity index (χ3n) is 1.78. The van der Waals surface area contributed by atoms with E-state index < -0.39 is 0 Å². The van der Waals surface area contributed by atoms with Crippen LogP contribution >= 0.6 is 24.0 Å². The summed E-state index contributed by atoms with van der Waals surface area (Å²) in [7, 11) is 0. The van der Waals surface area contributed by atoms with Gasteiger partial charge in [0, 0.05) is 6.54 Å². The van der Waals surface area contributed by atoms with Gasteiger partial charge in [-0.1, -0.05) is 11.6 Å². The van der Waals surface area contributed by atoms with Crippen LogP contribution in [0.4, 0.5) is 0 Å². The number of aliphatic imine (C=N–C) groups is 1. The number of nitrogens with zero attached hydrogens (tertiary/aromatic N) is 1. The third-order valence-corrected chi connectivity index (χ3v) is 1.78. The summed E-state index contributed by atoms with van der Waals surface area (Å²) in [5.41, 5.74) is 11.8. The zero-order chi connectivity index (χ0) is 8.81. The van der Waals surface area contributed by atoms with Crippen LogP contribution in [0.5, 0.6) is 0 Å². The Bertz CT molecular complexity index is 200. The molecule has 0 bridgehead atoms. The van der Waals surface area contributed by atoms with Crippen molar-refractivity contribution in [2.45, 2.75) is 12.8 Å². The molecule has 0 spiro atoms. The lowest BCUT2D eigenvalue weighted by Crippen LogP contribution is -2.23. The SMILES string of the molecule is I.NC(N)=NCCC1=CCOCC1. The van der Waals surface area contributed by atoms with E-state index in [1.54, 1.807) is 0 Å². The first-order valence-corrected chi connectivity index (χ1v) is 4.10. The Hall–Kier alpha value is -0.300. The Morgan fingerprint density at radius 2 is 2.31 bits per heavy atom. The zero-order valence-electron chi connectivity index (χ0n) is 7.53. The molecule has 0 unspecified atom stereocenters. The van der Waals surface area contributed by atoms with Gasteiger partial charge in [0.25, 0.3) is 0 Å². The Labute approximate surface area is 95.4 Å². The first kappa shape index (κ1) is 12.7. The van der Waals surface area contributed by atoms with Crippen LogP contribution in [0, 0.1) is 0 Å². The number of halogens is 1. The average molecular weight is 297 g/mol. The second-order valence-corrected chi connectivity index (χ2v) is 2.74. The Morgan fingerprint density at radius 3 is 2.85 bits per heavy atom. The molecule has 0 aromatic heterocycles. The molecule has 1 rings (SSSR count). The number of nitrogens with two attached hydrogens (primary N) is 2. The van der Waals surface area contributed by atoms with Gasteiger partial charge in [-0.05, 0) is 12.8 Å². The first-order chi connectivity index (χ1) is 5.79. The molecular weight excluding hydrogens is 281 g/mol. The zero-order valence-corrected chi connectivity index (χ0v) is 9.86. The summed E-state index contributed by atoms with van der Waals surface area (Å²) in [5.74, 6) is 0.169. The van der Waals surface area contributed by atoms with E-state index in [9.17, 15) is 0 Å². The normalized spacial score (nSPS) is 15.5. The van der Waals surface area contributed by atoms with Crippen LogP contribution in [0.1, 0.15) is 12.8 Å². The lowest BCUT2D eigenvalue weighted by atomic mass is 10.1. The third kappa shape index (κ3) is 5.87. The van der Waals surface area contributed by atoms with Crippen LogP contribution in [-0.4, -0.2) is 25.7 Å². The lowest BCUT2D eigenvalue weighted by molar-refractivity contribution is 0.153. The number of rotatable bonds is 3. The van der Waals surface area contributed by atoms with E-state index in [2.05, 4.69) is 11.1 Å². The van der Waals surface area contributed by atoms with Gasteiger partial charge in [0.05, 0.1) is 13.2 Å². The highest BCUT2D eigenvalue weighted by atomic mass is 127. The highest BCUT2D eigenvalue weighted by Crippen LogP contribution is 2.11. The fourth-order valence-corrected chi connectivity index (χ4v) is 1.12. The van der Waals surface area contributed by atoms with Gasteiger partial charge < -0.3 is 16.2 Å². The monoisotopic (exact) mass is 297 g/mol. The fraction of sp³-hybridized carbons (Fsp3) is 0.625. The second kappa shape index (κ2) is 7.14. The first-order valence-electron chi connectivity index (χ1n) is 4.10. The second-order valence-electron chi connectivity index (χ2n) is 2.74. The molecule has 76 valence electrons. The molecule has 0 saturated heterocycles. The van der Waals surface area contributed by atoms with Gasteiger partial charge in [-0.2, -0.15) is 0 Å². The van der Waals surface area contributed by atoms with Crippen LogP contribution < -0.4 is 11.5 Å². The molecule has 0 fully saturated rings. The van der Waals surface area contributed by atoms with Gasteiger partial charge in [0.2, 0.25) is 0 Å². The molecule has 0 amide bonds. The molecular formula is C8H16IN3O. The van der Waals surface area contributed by atoms with E-state index in [-0.39, 0.29) is 29.9 Å². The lowest BCUT2D eigenvalue weighted by Gasteiger charge is -2.11. The maximum atomic E-state index is 5.19. The topological polar surface area (TPSA) is 73.6 Å². The highest BCUT2D eigenvalue weighted by Gasteiger charge is 2.02. The minimum atomic E-state index is 0. The predicted octanol–water partition coefficient (Wildman–Crippen LogP) is 0.615. The number of guanidine groups is 1.